The summed E-state index contributed by atoms with van der Waals surface area (Å²) in [5, 5.41) is 15.3. The minimum absolute atomic E-state index is 0.197. The quantitative estimate of drug-likeness (QED) is 0.461. The molecule has 1 N–H and O–H groups in total. The normalized spacial score (nSPS) is 12.1. The van der Waals surface area contributed by atoms with Crippen molar-refractivity contribution in [3.8, 4) is 11.6 Å². The van der Waals surface area contributed by atoms with Crippen molar-refractivity contribution in [1.29, 1.82) is 0 Å². The highest BCUT2D eigenvalue weighted by molar-refractivity contribution is 8.00. The topological polar surface area (TPSA) is 99.0 Å². The second-order valence-corrected chi connectivity index (χ2v) is 7.74. The predicted octanol–water partition coefficient (Wildman–Crippen LogP) is 4.00. The Bertz CT molecular complexity index is 1090. The highest BCUT2D eigenvalue weighted by Gasteiger charge is 2.22. The van der Waals surface area contributed by atoms with Crippen molar-refractivity contribution in [1.82, 2.24) is 19.9 Å². The lowest BCUT2D eigenvalue weighted by Crippen LogP contribution is -2.23. The summed E-state index contributed by atoms with van der Waals surface area (Å²) in [5.74, 6) is 2.06. The number of hydrogen-bond donors (Lipinski definition) is 1. The Morgan fingerprint density at radius 3 is 2.72 bits per heavy atom. The molecule has 9 heteroatoms. The summed E-state index contributed by atoms with van der Waals surface area (Å²) >= 11 is 1.32. The first kappa shape index (κ1) is 19.0. The Kier molecular flexibility index (Phi) is 5.48. The number of carbonyl (C=O) groups excluding carboxylic acids is 1. The van der Waals surface area contributed by atoms with Crippen molar-refractivity contribution in [3.63, 3.8) is 0 Å². The molecule has 0 aliphatic carbocycles. The van der Waals surface area contributed by atoms with Gasteiger partial charge in [0.15, 0.2) is 16.7 Å². The van der Waals surface area contributed by atoms with Crippen molar-refractivity contribution >= 4 is 23.5 Å². The monoisotopic (exact) mass is 409 g/mol. The number of rotatable bonds is 7. The highest BCUT2D eigenvalue weighted by Crippen LogP contribution is 2.28. The van der Waals surface area contributed by atoms with Gasteiger partial charge in [-0.05, 0) is 31.5 Å². The summed E-state index contributed by atoms with van der Waals surface area (Å²) in [7, 11) is 0. The second-order valence-electron chi connectivity index (χ2n) is 6.43. The molecule has 0 bridgehead atoms. The van der Waals surface area contributed by atoms with E-state index in [2.05, 4.69) is 20.7 Å². The molecule has 1 amide bonds. The molecule has 0 aliphatic rings. The summed E-state index contributed by atoms with van der Waals surface area (Å²) in [6.45, 7) is 4.13. The van der Waals surface area contributed by atoms with E-state index < -0.39 is 5.25 Å². The van der Waals surface area contributed by atoms with Crippen LogP contribution >= 0.6 is 11.8 Å². The number of thioether (sulfide) groups is 1. The summed E-state index contributed by atoms with van der Waals surface area (Å²) in [4.78, 5) is 12.5. The fourth-order valence-electron chi connectivity index (χ4n) is 2.74. The number of hydrogen-bond acceptors (Lipinski definition) is 7. The van der Waals surface area contributed by atoms with Gasteiger partial charge >= 0.3 is 0 Å². The zero-order valence-electron chi connectivity index (χ0n) is 15.9. The number of anilines is 1. The third kappa shape index (κ3) is 4.40. The fourth-order valence-corrected chi connectivity index (χ4v) is 3.59. The molecular weight excluding hydrogens is 390 g/mol. The van der Waals surface area contributed by atoms with E-state index in [9.17, 15) is 4.79 Å². The molecule has 1 aromatic carbocycles. The van der Waals surface area contributed by atoms with Crippen molar-refractivity contribution in [2.45, 2.75) is 30.8 Å². The van der Waals surface area contributed by atoms with Gasteiger partial charge in [0.2, 0.25) is 11.7 Å². The summed E-state index contributed by atoms with van der Waals surface area (Å²) in [5.41, 5.74) is 1.09. The lowest BCUT2D eigenvalue weighted by molar-refractivity contribution is -0.115. The predicted molar refractivity (Wildman–Crippen MR) is 108 cm³/mol. The van der Waals surface area contributed by atoms with Gasteiger partial charge in [-0.2, -0.15) is 0 Å². The Morgan fingerprint density at radius 2 is 2.03 bits per heavy atom. The number of aryl methyl sites for hydroxylation is 1. The molecule has 3 heterocycles. The Morgan fingerprint density at radius 1 is 1.21 bits per heavy atom. The van der Waals surface area contributed by atoms with E-state index in [4.69, 9.17) is 8.94 Å². The molecule has 0 fully saturated rings. The average molecular weight is 409 g/mol. The van der Waals surface area contributed by atoms with Crippen LogP contribution in [-0.2, 0) is 11.3 Å². The zero-order valence-corrected chi connectivity index (χ0v) is 16.7. The Hall–Kier alpha value is -3.33. The number of aromatic nitrogens is 4. The molecule has 148 valence electrons. The first-order valence-electron chi connectivity index (χ1n) is 9.02. The van der Waals surface area contributed by atoms with Crippen LogP contribution in [0.1, 0.15) is 18.2 Å². The maximum Gasteiger partial charge on any atom is 0.238 e. The number of carbonyl (C=O) groups is 1. The standard InChI is InChI=1S/C20H19N5O3S/c1-13-11-17(24-28-13)21-19(26)14(2)29-20-23-22-18(16-9-6-10-27-16)25(20)12-15-7-4-3-5-8-15/h3-11,14H,12H2,1-2H3,(H,21,24,26). The summed E-state index contributed by atoms with van der Waals surface area (Å²) in [6, 6.07) is 15.3. The van der Waals surface area contributed by atoms with Crippen LogP contribution in [0.15, 0.2) is 68.9 Å². The van der Waals surface area contributed by atoms with Crippen LogP contribution in [0.2, 0.25) is 0 Å². The van der Waals surface area contributed by atoms with E-state index in [1.165, 1.54) is 11.8 Å². The average Bonchev–Trinajstić information content (AvgIpc) is 3.45. The van der Waals surface area contributed by atoms with Crippen molar-refractivity contribution in [3.05, 3.63) is 66.1 Å². The van der Waals surface area contributed by atoms with E-state index in [-0.39, 0.29) is 5.91 Å². The smallest absolute Gasteiger partial charge is 0.238 e. The van der Waals surface area contributed by atoms with Crippen LogP contribution in [0.3, 0.4) is 0 Å². The van der Waals surface area contributed by atoms with Gasteiger partial charge in [0.25, 0.3) is 0 Å². The lowest BCUT2D eigenvalue weighted by atomic mass is 10.2. The minimum Gasteiger partial charge on any atom is -0.461 e. The molecule has 0 radical (unpaired) electrons. The third-order valence-corrected chi connectivity index (χ3v) is 5.25. The van der Waals surface area contributed by atoms with Gasteiger partial charge < -0.3 is 14.3 Å². The van der Waals surface area contributed by atoms with E-state index in [1.807, 2.05) is 41.0 Å². The summed E-state index contributed by atoms with van der Waals surface area (Å²) < 4.78 is 12.4. The SMILES string of the molecule is Cc1cc(NC(=O)C(C)Sc2nnc(-c3ccco3)n2Cc2ccccc2)no1. The van der Waals surface area contributed by atoms with Crippen molar-refractivity contribution in [2.75, 3.05) is 5.32 Å². The molecule has 0 saturated carbocycles. The molecule has 0 saturated heterocycles. The fraction of sp³-hybridized carbons (Fsp3) is 0.200. The molecule has 1 atom stereocenters. The molecule has 4 aromatic rings. The van der Waals surface area contributed by atoms with Crippen molar-refractivity contribution < 1.29 is 13.7 Å². The highest BCUT2D eigenvalue weighted by atomic mass is 32.2. The minimum atomic E-state index is -0.421. The van der Waals surface area contributed by atoms with Crippen LogP contribution in [0.25, 0.3) is 11.6 Å². The van der Waals surface area contributed by atoms with Gasteiger partial charge in [0.1, 0.15) is 5.76 Å². The number of amides is 1. The number of nitrogens with zero attached hydrogens (tertiary/aromatic N) is 4. The largest absolute Gasteiger partial charge is 0.461 e. The molecule has 3 aromatic heterocycles. The number of furan rings is 1. The maximum absolute atomic E-state index is 12.5. The number of nitrogens with one attached hydrogen (secondary N) is 1. The van der Waals surface area contributed by atoms with E-state index in [1.54, 1.807) is 32.2 Å². The van der Waals surface area contributed by atoms with Crippen molar-refractivity contribution in [2.24, 2.45) is 0 Å². The molecule has 1 unspecified atom stereocenters. The number of benzene rings is 1. The summed E-state index contributed by atoms with van der Waals surface area (Å²) in [6.07, 6.45) is 1.60. The zero-order chi connectivity index (χ0) is 20.2. The molecule has 0 spiro atoms. The van der Waals surface area contributed by atoms with E-state index in [0.717, 1.165) is 5.56 Å². The maximum atomic E-state index is 12.5. The molecule has 8 nitrogen and oxygen atoms in total. The van der Waals surface area contributed by atoms with Gasteiger partial charge in [0, 0.05) is 6.07 Å². The van der Waals surface area contributed by atoms with Crippen LogP contribution in [0.4, 0.5) is 5.82 Å². The van der Waals surface area contributed by atoms with Gasteiger partial charge in [-0.15, -0.1) is 10.2 Å². The van der Waals surface area contributed by atoms with E-state index >= 15 is 0 Å². The van der Waals surface area contributed by atoms with Gasteiger partial charge in [-0.1, -0.05) is 47.3 Å². The third-order valence-electron chi connectivity index (χ3n) is 4.17. The van der Waals surface area contributed by atoms with Gasteiger partial charge in [0.05, 0.1) is 18.1 Å². The van der Waals surface area contributed by atoms with Crippen LogP contribution in [0, 0.1) is 6.92 Å². The first-order valence-corrected chi connectivity index (χ1v) is 9.90. The van der Waals surface area contributed by atoms with E-state index in [0.29, 0.717) is 34.9 Å². The van der Waals surface area contributed by atoms with Gasteiger partial charge in [-0.3, -0.25) is 9.36 Å². The molecular formula is C20H19N5O3S. The molecule has 4 rings (SSSR count). The lowest BCUT2D eigenvalue weighted by Gasteiger charge is -2.12. The Balaban J connectivity index is 1.57. The molecule has 29 heavy (non-hydrogen) atoms. The first-order chi connectivity index (χ1) is 14.1. The van der Waals surface area contributed by atoms with Crippen LogP contribution in [0.5, 0.6) is 0 Å². The van der Waals surface area contributed by atoms with Crippen LogP contribution in [-0.4, -0.2) is 31.1 Å². The second kappa shape index (κ2) is 8.36. The Labute approximate surface area is 171 Å². The van der Waals surface area contributed by atoms with Gasteiger partial charge in [-0.25, -0.2) is 0 Å². The molecule has 0 aliphatic heterocycles. The van der Waals surface area contributed by atoms with Crippen LogP contribution < -0.4 is 5.32 Å².